The van der Waals surface area contributed by atoms with Gasteiger partial charge < -0.3 is 20.9 Å². The maximum atomic E-state index is 11.2. The number of esters is 1. The molecular formula is C10H13N3O3. The molecule has 0 spiro atoms. The number of carbonyl (C=O) groups excluding carboxylic acids is 1. The van der Waals surface area contributed by atoms with Crippen LogP contribution in [0, 0.1) is 0 Å². The minimum absolute atomic E-state index is 0.150. The van der Waals surface area contributed by atoms with E-state index in [-0.39, 0.29) is 12.5 Å². The van der Waals surface area contributed by atoms with E-state index in [9.17, 15) is 4.79 Å². The molecule has 6 heteroatoms. The van der Waals surface area contributed by atoms with Gasteiger partial charge >= 0.3 is 5.97 Å². The van der Waals surface area contributed by atoms with Crippen molar-refractivity contribution in [2.24, 2.45) is 16.5 Å². The zero-order valence-electron chi connectivity index (χ0n) is 8.84. The number of hydrogen-bond acceptors (Lipinski definition) is 4. The number of nitrogens with two attached hydrogens (primary N) is 2. The number of ether oxygens (including phenoxy) is 2. The molecule has 0 atom stereocenters. The van der Waals surface area contributed by atoms with Crippen molar-refractivity contribution in [3.8, 4) is 11.5 Å². The number of aliphatic imine (C=N–C) groups is 1. The lowest BCUT2D eigenvalue weighted by Gasteiger charge is -2.04. The molecule has 0 saturated carbocycles. The third kappa shape index (κ3) is 3.87. The highest BCUT2D eigenvalue weighted by Gasteiger charge is 2.04. The van der Waals surface area contributed by atoms with Crippen LogP contribution >= 0.6 is 0 Å². The molecule has 1 aromatic carbocycles. The van der Waals surface area contributed by atoms with Gasteiger partial charge in [0, 0.05) is 6.07 Å². The average molecular weight is 223 g/mol. The van der Waals surface area contributed by atoms with Crippen molar-refractivity contribution in [1.29, 1.82) is 0 Å². The Morgan fingerprint density at radius 2 is 2.06 bits per heavy atom. The number of rotatable bonds is 4. The SMILES string of the molecule is COc1cccc(OC(=O)CN=C(N)N)c1. The number of benzene rings is 1. The van der Waals surface area contributed by atoms with E-state index in [2.05, 4.69) is 4.99 Å². The molecule has 1 aromatic rings. The van der Waals surface area contributed by atoms with Crippen LogP contribution in [-0.4, -0.2) is 25.6 Å². The smallest absolute Gasteiger partial charge is 0.333 e. The molecule has 4 N–H and O–H groups in total. The minimum Gasteiger partial charge on any atom is -0.497 e. The Labute approximate surface area is 92.9 Å². The zero-order valence-corrected chi connectivity index (χ0v) is 8.84. The van der Waals surface area contributed by atoms with Gasteiger partial charge in [0.15, 0.2) is 5.96 Å². The number of methoxy groups -OCH3 is 1. The Balaban J connectivity index is 2.59. The normalized spacial score (nSPS) is 9.31. The summed E-state index contributed by atoms with van der Waals surface area (Å²) >= 11 is 0. The Hall–Kier alpha value is -2.24. The summed E-state index contributed by atoms with van der Waals surface area (Å²) in [4.78, 5) is 14.8. The van der Waals surface area contributed by atoms with Crippen LogP contribution in [0.3, 0.4) is 0 Å². The van der Waals surface area contributed by atoms with E-state index in [0.29, 0.717) is 11.5 Å². The van der Waals surface area contributed by atoms with Crippen molar-refractivity contribution in [2.45, 2.75) is 0 Å². The minimum atomic E-state index is -0.540. The Kier molecular flexibility index (Phi) is 4.14. The van der Waals surface area contributed by atoms with E-state index in [1.165, 1.54) is 7.11 Å². The van der Waals surface area contributed by atoms with E-state index in [0.717, 1.165) is 0 Å². The molecule has 0 aromatic heterocycles. The summed E-state index contributed by atoms with van der Waals surface area (Å²) in [6, 6.07) is 6.68. The summed E-state index contributed by atoms with van der Waals surface area (Å²) in [6.45, 7) is -0.209. The molecule has 0 heterocycles. The van der Waals surface area contributed by atoms with Gasteiger partial charge in [0.1, 0.15) is 18.0 Å². The van der Waals surface area contributed by atoms with E-state index in [1.54, 1.807) is 24.3 Å². The standard InChI is InChI=1S/C10H13N3O3/c1-15-7-3-2-4-8(5-7)16-9(14)6-13-10(11)12/h2-5H,6H2,1H3,(H4,11,12,13). The fraction of sp³-hybridized carbons (Fsp3) is 0.200. The molecular weight excluding hydrogens is 210 g/mol. The second kappa shape index (κ2) is 5.59. The first kappa shape index (κ1) is 11.8. The van der Waals surface area contributed by atoms with Crippen molar-refractivity contribution in [2.75, 3.05) is 13.7 Å². The summed E-state index contributed by atoms with van der Waals surface area (Å²) < 4.78 is 9.95. The summed E-state index contributed by atoms with van der Waals surface area (Å²) in [5.74, 6) is 0.298. The summed E-state index contributed by atoms with van der Waals surface area (Å²) in [7, 11) is 1.53. The third-order valence-corrected chi connectivity index (χ3v) is 1.66. The van der Waals surface area contributed by atoms with Crippen LogP contribution in [0.4, 0.5) is 0 Å². The van der Waals surface area contributed by atoms with Crippen LogP contribution in [-0.2, 0) is 4.79 Å². The monoisotopic (exact) mass is 223 g/mol. The third-order valence-electron chi connectivity index (χ3n) is 1.66. The van der Waals surface area contributed by atoms with Gasteiger partial charge in [0.25, 0.3) is 0 Å². The van der Waals surface area contributed by atoms with Crippen molar-refractivity contribution >= 4 is 11.9 Å². The van der Waals surface area contributed by atoms with Crippen LogP contribution in [0.5, 0.6) is 11.5 Å². The molecule has 1 rings (SSSR count). The molecule has 0 bridgehead atoms. The summed E-state index contributed by atoms with van der Waals surface area (Å²) in [6.07, 6.45) is 0. The fourth-order valence-corrected chi connectivity index (χ4v) is 0.984. The van der Waals surface area contributed by atoms with Crippen molar-refractivity contribution in [3.63, 3.8) is 0 Å². The molecule has 0 aliphatic heterocycles. The van der Waals surface area contributed by atoms with Crippen LogP contribution in [0.1, 0.15) is 0 Å². The lowest BCUT2D eigenvalue weighted by molar-refractivity contribution is -0.132. The molecule has 0 saturated heterocycles. The van der Waals surface area contributed by atoms with E-state index in [1.807, 2.05) is 0 Å². The molecule has 0 aliphatic rings. The number of nitrogens with zero attached hydrogens (tertiary/aromatic N) is 1. The molecule has 6 nitrogen and oxygen atoms in total. The van der Waals surface area contributed by atoms with Gasteiger partial charge in [-0.05, 0) is 12.1 Å². The summed E-state index contributed by atoms with van der Waals surface area (Å²) in [5, 5.41) is 0. The Bertz CT molecular complexity index is 400. The number of guanidine groups is 1. The van der Waals surface area contributed by atoms with Gasteiger partial charge in [-0.2, -0.15) is 0 Å². The topological polar surface area (TPSA) is 99.9 Å². The predicted molar refractivity (Wildman–Crippen MR) is 59.3 cm³/mol. The highest BCUT2D eigenvalue weighted by atomic mass is 16.5. The quantitative estimate of drug-likeness (QED) is 0.320. The van der Waals surface area contributed by atoms with Crippen LogP contribution in [0.2, 0.25) is 0 Å². The van der Waals surface area contributed by atoms with Crippen molar-refractivity contribution < 1.29 is 14.3 Å². The largest absolute Gasteiger partial charge is 0.497 e. The first-order valence-corrected chi connectivity index (χ1v) is 4.52. The first-order valence-electron chi connectivity index (χ1n) is 4.52. The van der Waals surface area contributed by atoms with Crippen LogP contribution in [0.15, 0.2) is 29.3 Å². The van der Waals surface area contributed by atoms with E-state index >= 15 is 0 Å². The molecule has 0 unspecified atom stereocenters. The van der Waals surface area contributed by atoms with Gasteiger partial charge in [-0.25, -0.2) is 9.79 Å². The number of carbonyl (C=O) groups is 1. The number of hydrogen-bond donors (Lipinski definition) is 2. The second-order valence-electron chi connectivity index (χ2n) is 2.89. The van der Waals surface area contributed by atoms with Crippen molar-refractivity contribution in [1.82, 2.24) is 0 Å². The lowest BCUT2D eigenvalue weighted by atomic mass is 10.3. The van der Waals surface area contributed by atoms with Gasteiger partial charge in [-0.1, -0.05) is 6.07 Å². The highest BCUT2D eigenvalue weighted by Crippen LogP contribution is 2.18. The molecule has 86 valence electrons. The molecule has 16 heavy (non-hydrogen) atoms. The lowest BCUT2D eigenvalue weighted by Crippen LogP contribution is -2.25. The Morgan fingerprint density at radius 3 is 2.69 bits per heavy atom. The van der Waals surface area contributed by atoms with Gasteiger partial charge in [-0.15, -0.1) is 0 Å². The van der Waals surface area contributed by atoms with Crippen LogP contribution < -0.4 is 20.9 Å². The predicted octanol–water partition coefficient (Wildman–Crippen LogP) is -0.126. The Morgan fingerprint density at radius 1 is 1.38 bits per heavy atom. The van der Waals surface area contributed by atoms with E-state index in [4.69, 9.17) is 20.9 Å². The summed E-state index contributed by atoms with van der Waals surface area (Å²) in [5.41, 5.74) is 10.2. The molecule has 0 radical (unpaired) electrons. The van der Waals surface area contributed by atoms with Crippen molar-refractivity contribution in [3.05, 3.63) is 24.3 Å². The van der Waals surface area contributed by atoms with Gasteiger partial charge in [-0.3, -0.25) is 0 Å². The fourth-order valence-electron chi connectivity index (χ4n) is 0.984. The first-order chi connectivity index (χ1) is 7.61. The average Bonchev–Trinajstić information content (AvgIpc) is 2.26. The molecule has 0 amide bonds. The highest BCUT2D eigenvalue weighted by molar-refractivity contribution is 5.81. The maximum Gasteiger partial charge on any atom is 0.333 e. The molecule has 0 fully saturated rings. The van der Waals surface area contributed by atoms with Crippen LogP contribution in [0.25, 0.3) is 0 Å². The molecule has 0 aliphatic carbocycles. The maximum absolute atomic E-state index is 11.2. The zero-order chi connectivity index (χ0) is 12.0. The van der Waals surface area contributed by atoms with Gasteiger partial charge in [0.2, 0.25) is 0 Å². The van der Waals surface area contributed by atoms with E-state index < -0.39 is 5.97 Å². The second-order valence-corrected chi connectivity index (χ2v) is 2.89. The van der Waals surface area contributed by atoms with Gasteiger partial charge in [0.05, 0.1) is 7.11 Å².